The Labute approximate surface area is 147 Å². The average Bonchev–Trinajstić information content (AvgIpc) is 3.03. The highest BCUT2D eigenvalue weighted by atomic mass is 35.5. The van der Waals surface area contributed by atoms with Crippen LogP contribution in [0.4, 0.5) is 5.69 Å². The first-order valence-electron chi connectivity index (χ1n) is 8.18. The molecule has 2 N–H and O–H groups in total. The van der Waals surface area contributed by atoms with Gasteiger partial charge in [0.15, 0.2) is 0 Å². The van der Waals surface area contributed by atoms with Crippen molar-refractivity contribution in [1.82, 2.24) is 4.90 Å². The number of β-amino-alcohol motifs (C(OH)–C–C–N with tert-alkyl or cyclic N) is 1. The number of nitrogens with zero attached hydrogens (tertiary/aromatic N) is 1. The van der Waals surface area contributed by atoms with Gasteiger partial charge in [0.2, 0.25) is 0 Å². The van der Waals surface area contributed by atoms with Crippen LogP contribution in [0.2, 0.25) is 5.02 Å². The van der Waals surface area contributed by atoms with Crippen LogP contribution in [0.15, 0.2) is 48.5 Å². The fourth-order valence-electron chi connectivity index (χ4n) is 2.91. The van der Waals surface area contributed by atoms with Gasteiger partial charge in [-0.3, -0.25) is 4.79 Å². The van der Waals surface area contributed by atoms with Gasteiger partial charge in [-0.2, -0.15) is 0 Å². The minimum Gasteiger partial charge on any atom is -0.391 e. The molecular formula is C19H21ClN2O2. The molecule has 0 radical (unpaired) electrons. The van der Waals surface area contributed by atoms with Crippen molar-refractivity contribution in [2.75, 3.05) is 25.0 Å². The Kier molecular flexibility index (Phi) is 5.38. The van der Waals surface area contributed by atoms with E-state index in [0.717, 1.165) is 23.7 Å². The minimum absolute atomic E-state index is 0.0267. The first-order valence-corrected chi connectivity index (χ1v) is 8.56. The summed E-state index contributed by atoms with van der Waals surface area (Å²) in [6, 6.07) is 15.3. The third-order valence-corrected chi connectivity index (χ3v) is 4.50. The number of nitrogens with one attached hydrogen (secondary N) is 1. The van der Waals surface area contributed by atoms with Gasteiger partial charge in [0.05, 0.1) is 11.7 Å². The summed E-state index contributed by atoms with van der Waals surface area (Å²) in [5.41, 5.74) is 2.68. The Balaban J connectivity index is 1.63. The van der Waals surface area contributed by atoms with E-state index in [1.54, 1.807) is 4.90 Å². The van der Waals surface area contributed by atoms with Crippen molar-refractivity contribution in [3.05, 3.63) is 64.7 Å². The van der Waals surface area contributed by atoms with Crippen LogP contribution in [0.3, 0.4) is 0 Å². The summed E-state index contributed by atoms with van der Waals surface area (Å²) in [6.45, 7) is 1.76. The molecule has 1 fully saturated rings. The Morgan fingerprint density at radius 2 is 1.96 bits per heavy atom. The fraction of sp³-hybridized carbons (Fsp3) is 0.316. The Morgan fingerprint density at radius 1 is 1.21 bits per heavy atom. The molecule has 0 aromatic heterocycles. The molecule has 1 atom stereocenters. The number of aliphatic hydroxyl groups is 1. The molecule has 4 nitrogen and oxygen atoms in total. The van der Waals surface area contributed by atoms with Gasteiger partial charge in [-0.1, -0.05) is 35.9 Å². The lowest BCUT2D eigenvalue weighted by Crippen LogP contribution is -2.30. The molecule has 0 saturated carbocycles. The summed E-state index contributed by atoms with van der Waals surface area (Å²) in [5.74, 6) is -0.0267. The highest BCUT2D eigenvalue weighted by Crippen LogP contribution is 2.20. The molecule has 3 rings (SSSR count). The van der Waals surface area contributed by atoms with Crippen LogP contribution in [0.25, 0.3) is 0 Å². The SMILES string of the molecule is O=C(c1ccccc1NCCc1ccc(Cl)cc1)N1CC[C@@H](O)C1. The zero-order valence-corrected chi connectivity index (χ0v) is 14.2. The first-order chi connectivity index (χ1) is 11.6. The number of likely N-dealkylation sites (tertiary alicyclic amines) is 1. The summed E-state index contributed by atoms with van der Waals surface area (Å²) in [5, 5.41) is 13.7. The number of para-hydroxylation sites is 1. The van der Waals surface area contributed by atoms with Crippen molar-refractivity contribution in [3.63, 3.8) is 0 Å². The Morgan fingerprint density at radius 3 is 2.67 bits per heavy atom. The molecule has 1 aliphatic heterocycles. The first kappa shape index (κ1) is 16.8. The van der Waals surface area contributed by atoms with Crippen molar-refractivity contribution in [3.8, 4) is 0 Å². The maximum atomic E-state index is 12.6. The van der Waals surface area contributed by atoms with Crippen molar-refractivity contribution in [1.29, 1.82) is 0 Å². The molecule has 126 valence electrons. The summed E-state index contributed by atoms with van der Waals surface area (Å²) in [4.78, 5) is 14.4. The molecule has 5 heteroatoms. The molecule has 1 aliphatic rings. The molecule has 0 bridgehead atoms. The zero-order chi connectivity index (χ0) is 16.9. The van der Waals surface area contributed by atoms with E-state index in [0.29, 0.717) is 25.1 Å². The molecule has 2 aromatic rings. The maximum Gasteiger partial charge on any atom is 0.256 e. The number of rotatable bonds is 5. The zero-order valence-electron chi connectivity index (χ0n) is 13.4. The van der Waals surface area contributed by atoms with Crippen LogP contribution in [0.5, 0.6) is 0 Å². The van der Waals surface area contributed by atoms with Crippen LogP contribution in [0, 0.1) is 0 Å². The summed E-state index contributed by atoms with van der Waals surface area (Å²) >= 11 is 5.89. The number of carbonyl (C=O) groups excluding carboxylic acids is 1. The standard InChI is InChI=1S/C19H21ClN2O2/c20-15-7-5-14(6-8-15)9-11-21-18-4-2-1-3-17(18)19(24)22-12-10-16(23)13-22/h1-8,16,21,23H,9-13H2/t16-/m1/s1. The number of benzene rings is 2. The van der Waals surface area contributed by atoms with Gasteiger partial charge in [0, 0.05) is 30.3 Å². The number of amides is 1. The third-order valence-electron chi connectivity index (χ3n) is 4.25. The smallest absolute Gasteiger partial charge is 0.256 e. The van der Waals surface area contributed by atoms with Gasteiger partial charge in [-0.05, 0) is 42.7 Å². The number of halogens is 1. The van der Waals surface area contributed by atoms with E-state index in [4.69, 9.17) is 11.6 Å². The molecular weight excluding hydrogens is 324 g/mol. The second-order valence-electron chi connectivity index (χ2n) is 6.04. The fourth-order valence-corrected chi connectivity index (χ4v) is 3.04. The molecule has 2 aromatic carbocycles. The third kappa shape index (κ3) is 4.08. The van der Waals surface area contributed by atoms with Crippen LogP contribution >= 0.6 is 11.6 Å². The quantitative estimate of drug-likeness (QED) is 0.875. The van der Waals surface area contributed by atoms with E-state index in [2.05, 4.69) is 5.32 Å². The summed E-state index contributed by atoms with van der Waals surface area (Å²) < 4.78 is 0. The van der Waals surface area contributed by atoms with Gasteiger partial charge >= 0.3 is 0 Å². The molecule has 1 saturated heterocycles. The largest absolute Gasteiger partial charge is 0.391 e. The number of hydrogen-bond acceptors (Lipinski definition) is 3. The van der Waals surface area contributed by atoms with Gasteiger partial charge < -0.3 is 15.3 Å². The topological polar surface area (TPSA) is 52.6 Å². The van der Waals surface area contributed by atoms with E-state index in [1.165, 1.54) is 5.56 Å². The predicted octanol–water partition coefficient (Wildman–Crippen LogP) is 3.20. The highest BCUT2D eigenvalue weighted by Gasteiger charge is 2.26. The van der Waals surface area contributed by atoms with Gasteiger partial charge in [0.25, 0.3) is 5.91 Å². The number of hydrogen-bond donors (Lipinski definition) is 2. The van der Waals surface area contributed by atoms with Crippen LogP contribution in [0.1, 0.15) is 22.3 Å². The number of anilines is 1. The van der Waals surface area contributed by atoms with Crippen molar-refractivity contribution >= 4 is 23.2 Å². The van der Waals surface area contributed by atoms with E-state index in [-0.39, 0.29) is 5.91 Å². The van der Waals surface area contributed by atoms with Crippen molar-refractivity contribution in [2.24, 2.45) is 0 Å². The molecule has 1 heterocycles. The van der Waals surface area contributed by atoms with Crippen LogP contribution in [-0.4, -0.2) is 41.7 Å². The van der Waals surface area contributed by atoms with E-state index in [9.17, 15) is 9.90 Å². The molecule has 0 aliphatic carbocycles. The summed E-state index contributed by atoms with van der Waals surface area (Å²) in [6.07, 6.45) is 1.10. The van der Waals surface area contributed by atoms with Crippen LogP contribution in [-0.2, 0) is 6.42 Å². The normalized spacial score (nSPS) is 17.1. The number of aliphatic hydroxyl groups excluding tert-OH is 1. The lowest BCUT2D eigenvalue weighted by Gasteiger charge is -2.18. The lowest BCUT2D eigenvalue weighted by molar-refractivity contribution is 0.0766. The van der Waals surface area contributed by atoms with Gasteiger partial charge in [0.1, 0.15) is 0 Å². The maximum absolute atomic E-state index is 12.6. The van der Waals surface area contributed by atoms with E-state index >= 15 is 0 Å². The predicted molar refractivity (Wildman–Crippen MR) is 96.6 cm³/mol. The number of carbonyl (C=O) groups is 1. The molecule has 0 spiro atoms. The monoisotopic (exact) mass is 344 g/mol. The van der Waals surface area contributed by atoms with Crippen molar-refractivity contribution < 1.29 is 9.90 Å². The Bertz CT molecular complexity index is 703. The van der Waals surface area contributed by atoms with Crippen molar-refractivity contribution in [2.45, 2.75) is 18.9 Å². The van der Waals surface area contributed by atoms with Crippen LogP contribution < -0.4 is 5.32 Å². The average molecular weight is 345 g/mol. The second kappa shape index (κ2) is 7.69. The van der Waals surface area contributed by atoms with Gasteiger partial charge in [-0.25, -0.2) is 0 Å². The van der Waals surface area contributed by atoms with E-state index in [1.807, 2.05) is 48.5 Å². The highest BCUT2D eigenvalue weighted by molar-refractivity contribution is 6.30. The summed E-state index contributed by atoms with van der Waals surface area (Å²) in [7, 11) is 0. The minimum atomic E-state index is -0.404. The Hall–Kier alpha value is -2.04. The van der Waals surface area contributed by atoms with E-state index < -0.39 is 6.10 Å². The van der Waals surface area contributed by atoms with Gasteiger partial charge in [-0.15, -0.1) is 0 Å². The second-order valence-corrected chi connectivity index (χ2v) is 6.48. The lowest BCUT2D eigenvalue weighted by atomic mass is 10.1. The molecule has 24 heavy (non-hydrogen) atoms. The molecule has 0 unspecified atom stereocenters. The molecule has 1 amide bonds.